The molecule has 0 heterocycles. The summed E-state index contributed by atoms with van der Waals surface area (Å²) < 4.78 is 26.4. The van der Waals surface area contributed by atoms with Crippen LogP contribution in [0.5, 0.6) is 0 Å². The second kappa shape index (κ2) is 6.31. The number of nitrogens with zero attached hydrogens (tertiary/aromatic N) is 1. The second-order valence-electron chi connectivity index (χ2n) is 2.77. The summed E-state index contributed by atoms with van der Waals surface area (Å²) in [6.07, 6.45) is 0. The molecule has 0 spiro atoms. The van der Waals surface area contributed by atoms with Crippen LogP contribution in [-0.2, 0) is 10.2 Å². The second-order valence-corrected chi connectivity index (χ2v) is 4.47. The van der Waals surface area contributed by atoms with Gasteiger partial charge >= 0.3 is 0 Å². The zero-order valence-corrected chi connectivity index (χ0v) is 9.29. The number of hydrogen-bond acceptors (Lipinski definition) is 4. The number of aliphatic hydroxyl groups is 2. The monoisotopic (exact) mass is 226 g/mol. The average Bonchev–Trinajstić information content (AvgIpc) is 2.15. The Kier molecular flexibility index (Phi) is 6.21. The van der Waals surface area contributed by atoms with Crippen molar-refractivity contribution in [2.45, 2.75) is 19.9 Å². The average molecular weight is 226 g/mol. The molecule has 0 bridgehead atoms. The van der Waals surface area contributed by atoms with Crippen LogP contribution < -0.4 is 4.72 Å². The van der Waals surface area contributed by atoms with Gasteiger partial charge in [0, 0.05) is 13.1 Å². The highest BCUT2D eigenvalue weighted by Crippen LogP contribution is 1.98. The third kappa shape index (κ3) is 3.89. The van der Waals surface area contributed by atoms with Crippen LogP contribution in [0.25, 0.3) is 0 Å². The number of nitrogens with one attached hydrogen (secondary N) is 1. The van der Waals surface area contributed by atoms with E-state index >= 15 is 0 Å². The van der Waals surface area contributed by atoms with E-state index in [9.17, 15) is 8.42 Å². The Hall–Kier alpha value is -0.210. The Morgan fingerprint density at radius 1 is 1.21 bits per heavy atom. The molecular weight excluding hydrogens is 208 g/mol. The summed E-state index contributed by atoms with van der Waals surface area (Å²) in [6.45, 7) is 3.31. The van der Waals surface area contributed by atoms with Gasteiger partial charge in [-0.15, -0.1) is 0 Å². The molecule has 0 unspecified atom stereocenters. The summed E-state index contributed by atoms with van der Waals surface area (Å²) >= 11 is 0. The number of hydrogen-bond donors (Lipinski definition) is 3. The predicted molar refractivity (Wildman–Crippen MR) is 52.9 cm³/mol. The predicted octanol–water partition coefficient (Wildman–Crippen LogP) is -1.48. The van der Waals surface area contributed by atoms with Gasteiger partial charge in [0.05, 0.1) is 19.3 Å². The largest absolute Gasteiger partial charge is 0.395 e. The third-order valence-corrected chi connectivity index (χ3v) is 3.63. The minimum Gasteiger partial charge on any atom is -0.395 e. The first-order valence-electron chi connectivity index (χ1n) is 4.50. The lowest BCUT2D eigenvalue weighted by Gasteiger charge is -2.21. The summed E-state index contributed by atoms with van der Waals surface area (Å²) in [6, 6.07) is -0.833. The van der Waals surface area contributed by atoms with Crippen molar-refractivity contribution >= 4 is 10.2 Å². The van der Waals surface area contributed by atoms with Crippen molar-refractivity contribution in [3.8, 4) is 0 Å². The van der Waals surface area contributed by atoms with E-state index in [2.05, 4.69) is 4.72 Å². The van der Waals surface area contributed by atoms with E-state index in [4.69, 9.17) is 10.2 Å². The van der Waals surface area contributed by atoms with Crippen LogP contribution in [0.4, 0.5) is 0 Å². The Morgan fingerprint density at radius 2 is 1.64 bits per heavy atom. The van der Waals surface area contributed by atoms with Crippen LogP contribution in [0, 0.1) is 0 Å². The fourth-order valence-corrected chi connectivity index (χ4v) is 2.38. The highest BCUT2D eigenvalue weighted by molar-refractivity contribution is 7.87. The molecule has 0 aromatic carbocycles. The van der Waals surface area contributed by atoms with Gasteiger partial charge in [0.15, 0.2) is 0 Å². The SMILES string of the molecule is CCN(CC)S(=O)(=O)NC(CO)CO. The molecule has 0 amide bonds. The van der Waals surface area contributed by atoms with Crippen molar-refractivity contribution in [2.24, 2.45) is 0 Å². The van der Waals surface area contributed by atoms with Gasteiger partial charge in [-0.2, -0.15) is 17.4 Å². The maximum atomic E-state index is 11.5. The lowest BCUT2D eigenvalue weighted by atomic mass is 10.4. The zero-order valence-electron chi connectivity index (χ0n) is 8.47. The van der Waals surface area contributed by atoms with E-state index in [1.165, 1.54) is 4.31 Å². The van der Waals surface area contributed by atoms with Gasteiger partial charge in [-0.3, -0.25) is 0 Å². The third-order valence-electron chi connectivity index (χ3n) is 1.80. The maximum Gasteiger partial charge on any atom is 0.279 e. The smallest absolute Gasteiger partial charge is 0.279 e. The first-order chi connectivity index (χ1) is 6.51. The minimum absolute atomic E-state index is 0.357. The summed E-state index contributed by atoms with van der Waals surface area (Å²) in [7, 11) is -3.58. The molecule has 0 saturated heterocycles. The van der Waals surface area contributed by atoms with Crippen LogP contribution >= 0.6 is 0 Å². The molecule has 14 heavy (non-hydrogen) atoms. The normalized spacial score (nSPS) is 12.7. The van der Waals surface area contributed by atoms with E-state index in [0.29, 0.717) is 13.1 Å². The van der Waals surface area contributed by atoms with Crippen molar-refractivity contribution in [2.75, 3.05) is 26.3 Å². The van der Waals surface area contributed by atoms with Crippen molar-refractivity contribution in [3.05, 3.63) is 0 Å². The highest BCUT2D eigenvalue weighted by Gasteiger charge is 2.21. The van der Waals surface area contributed by atoms with Crippen molar-refractivity contribution < 1.29 is 18.6 Å². The molecule has 7 heteroatoms. The molecule has 0 saturated carbocycles. The first kappa shape index (κ1) is 13.8. The summed E-state index contributed by atoms with van der Waals surface area (Å²) in [5.41, 5.74) is 0. The molecule has 86 valence electrons. The van der Waals surface area contributed by atoms with Gasteiger partial charge in [0.2, 0.25) is 0 Å². The van der Waals surface area contributed by atoms with Crippen LogP contribution in [0.1, 0.15) is 13.8 Å². The molecule has 0 atom stereocenters. The van der Waals surface area contributed by atoms with E-state index in [1.54, 1.807) is 13.8 Å². The molecule has 0 radical (unpaired) electrons. The van der Waals surface area contributed by atoms with Gasteiger partial charge in [-0.05, 0) is 0 Å². The van der Waals surface area contributed by atoms with E-state index < -0.39 is 29.5 Å². The molecule has 0 aliphatic carbocycles. The molecule has 3 N–H and O–H groups in total. The molecule has 0 aromatic rings. The molecule has 6 nitrogen and oxygen atoms in total. The molecule has 0 aliphatic rings. The van der Waals surface area contributed by atoms with Crippen LogP contribution in [0.15, 0.2) is 0 Å². The Labute approximate surface area is 84.7 Å². The van der Waals surface area contributed by atoms with Crippen LogP contribution in [0.3, 0.4) is 0 Å². The van der Waals surface area contributed by atoms with E-state index in [1.807, 2.05) is 0 Å². The lowest BCUT2D eigenvalue weighted by Crippen LogP contribution is -2.47. The van der Waals surface area contributed by atoms with Gasteiger partial charge in [0.25, 0.3) is 10.2 Å². The van der Waals surface area contributed by atoms with Crippen LogP contribution in [0.2, 0.25) is 0 Å². The van der Waals surface area contributed by atoms with Gasteiger partial charge in [0.1, 0.15) is 0 Å². The lowest BCUT2D eigenvalue weighted by molar-refractivity contribution is 0.183. The fourth-order valence-electron chi connectivity index (χ4n) is 0.981. The van der Waals surface area contributed by atoms with Crippen LogP contribution in [-0.4, -0.2) is 55.3 Å². The quantitative estimate of drug-likeness (QED) is 0.493. The fraction of sp³-hybridized carbons (Fsp3) is 1.00. The van der Waals surface area contributed by atoms with E-state index in [-0.39, 0.29) is 0 Å². The molecule has 0 fully saturated rings. The molecular formula is C7H18N2O4S. The Bertz CT molecular complexity index is 234. The maximum absolute atomic E-state index is 11.5. The topological polar surface area (TPSA) is 89.9 Å². The first-order valence-corrected chi connectivity index (χ1v) is 5.94. The zero-order chi connectivity index (χ0) is 11.2. The van der Waals surface area contributed by atoms with Gasteiger partial charge < -0.3 is 10.2 Å². The van der Waals surface area contributed by atoms with Crippen molar-refractivity contribution in [1.82, 2.24) is 9.03 Å². The van der Waals surface area contributed by atoms with Gasteiger partial charge in [-0.25, -0.2) is 0 Å². The summed E-state index contributed by atoms with van der Waals surface area (Å²) in [4.78, 5) is 0. The number of rotatable bonds is 7. The summed E-state index contributed by atoms with van der Waals surface area (Å²) in [5, 5.41) is 17.4. The van der Waals surface area contributed by atoms with E-state index in [0.717, 1.165) is 0 Å². The molecule has 0 aromatic heterocycles. The van der Waals surface area contributed by atoms with Gasteiger partial charge in [-0.1, -0.05) is 13.8 Å². The Morgan fingerprint density at radius 3 is 1.93 bits per heavy atom. The Balaban J connectivity index is 4.46. The number of aliphatic hydroxyl groups excluding tert-OH is 2. The minimum atomic E-state index is -3.58. The molecule has 0 rings (SSSR count). The van der Waals surface area contributed by atoms with Crippen molar-refractivity contribution in [1.29, 1.82) is 0 Å². The standard InChI is InChI=1S/C7H18N2O4S/c1-3-9(4-2)14(12,13)8-7(5-10)6-11/h7-8,10-11H,3-6H2,1-2H3. The van der Waals surface area contributed by atoms with Crippen molar-refractivity contribution in [3.63, 3.8) is 0 Å². The summed E-state index contributed by atoms with van der Waals surface area (Å²) in [5.74, 6) is 0. The highest BCUT2D eigenvalue weighted by atomic mass is 32.2. The molecule has 0 aliphatic heterocycles.